The molecule has 1 amide bonds. The third kappa shape index (κ3) is 3.18. The number of aromatic nitrogens is 3. The van der Waals surface area contributed by atoms with Crippen LogP contribution in [0.2, 0.25) is 0 Å². The van der Waals surface area contributed by atoms with E-state index in [0.29, 0.717) is 30.7 Å². The van der Waals surface area contributed by atoms with Crippen molar-refractivity contribution in [1.82, 2.24) is 19.7 Å². The lowest BCUT2D eigenvalue weighted by molar-refractivity contribution is 0.0542. The van der Waals surface area contributed by atoms with Crippen LogP contribution >= 0.6 is 0 Å². The first kappa shape index (κ1) is 17.0. The first-order valence-corrected chi connectivity index (χ1v) is 9.29. The Labute approximate surface area is 152 Å². The second kappa shape index (κ2) is 6.37. The maximum Gasteiger partial charge on any atom is 0.290 e. The van der Waals surface area contributed by atoms with Gasteiger partial charge in [-0.05, 0) is 32.1 Å². The molecule has 1 fully saturated rings. The zero-order valence-corrected chi connectivity index (χ0v) is 15.4. The molecule has 0 spiro atoms. The van der Waals surface area contributed by atoms with Crippen molar-refractivity contribution in [3.8, 4) is 0 Å². The maximum absolute atomic E-state index is 13.1. The summed E-state index contributed by atoms with van der Waals surface area (Å²) in [5.41, 5.74) is -0.214. The Kier molecular flexibility index (Phi) is 4.17. The molecule has 7 heteroatoms. The predicted molar refractivity (Wildman–Crippen MR) is 94.9 cm³/mol. The van der Waals surface area contributed by atoms with Gasteiger partial charge in [0.1, 0.15) is 11.6 Å². The minimum absolute atomic E-state index is 0.0964. The summed E-state index contributed by atoms with van der Waals surface area (Å²) in [5, 5.41) is 4.66. The van der Waals surface area contributed by atoms with E-state index >= 15 is 0 Å². The van der Waals surface area contributed by atoms with Gasteiger partial charge in [-0.2, -0.15) is 5.10 Å². The first-order chi connectivity index (χ1) is 12.4. The Morgan fingerprint density at radius 3 is 2.73 bits per heavy atom. The van der Waals surface area contributed by atoms with E-state index in [4.69, 9.17) is 9.40 Å². The zero-order chi connectivity index (χ0) is 18.4. The number of aryl methyl sites for hydroxylation is 1. The molecule has 7 nitrogen and oxygen atoms in total. The number of nitrogens with zero attached hydrogens (tertiary/aromatic N) is 4. The standard InChI is InChI=1S/C19H24N4O3/c1-11(2)8-15-18-20-17(13-4-5-13)21-23(18)7-6-22(15)19(25)16-10-14(24)9-12(3)26-16/h9-11,13,15H,4-8H2,1-3H3/t15-/m0/s1. The van der Waals surface area contributed by atoms with Gasteiger partial charge in [0.15, 0.2) is 17.0 Å². The van der Waals surface area contributed by atoms with Crippen LogP contribution in [0.15, 0.2) is 21.3 Å². The van der Waals surface area contributed by atoms with Gasteiger partial charge in [-0.1, -0.05) is 13.8 Å². The first-order valence-electron chi connectivity index (χ1n) is 9.29. The molecular formula is C19H24N4O3. The van der Waals surface area contributed by atoms with Crippen molar-refractivity contribution in [3.63, 3.8) is 0 Å². The van der Waals surface area contributed by atoms with Gasteiger partial charge >= 0.3 is 0 Å². The molecule has 1 aliphatic carbocycles. The van der Waals surface area contributed by atoms with E-state index in [1.54, 1.807) is 11.8 Å². The van der Waals surface area contributed by atoms with Crippen LogP contribution in [0.3, 0.4) is 0 Å². The van der Waals surface area contributed by atoms with Crippen LogP contribution in [0.1, 0.15) is 73.0 Å². The molecule has 138 valence electrons. The Morgan fingerprint density at radius 1 is 1.31 bits per heavy atom. The Bertz CT molecular complexity index is 894. The van der Waals surface area contributed by atoms with Crippen LogP contribution < -0.4 is 5.43 Å². The SMILES string of the molecule is Cc1cc(=O)cc(C(=O)N2CCn3nc(C4CC4)nc3[C@@H]2CC(C)C)o1. The summed E-state index contributed by atoms with van der Waals surface area (Å²) in [4.78, 5) is 31.4. The molecule has 1 aliphatic heterocycles. The number of carbonyl (C=O) groups excluding carboxylic acids is 1. The molecule has 2 aromatic rings. The van der Waals surface area contributed by atoms with Crippen molar-refractivity contribution in [1.29, 1.82) is 0 Å². The van der Waals surface area contributed by atoms with Crippen molar-refractivity contribution < 1.29 is 9.21 Å². The van der Waals surface area contributed by atoms with Crippen LogP contribution in [0.25, 0.3) is 0 Å². The lowest BCUT2D eigenvalue weighted by atomic mass is 10.00. The molecule has 2 aliphatic rings. The van der Waals surface area contributed by atoms with E-state index < -0.39 is 0 Å². The summed E-state index contributed by atoms with van der Waals surface area (Å²) >= 11 is 0. The minimum atomic E-state index is -0.251. The summed E-state index contributed by atoms with van der Waals surface area (Å²) in [5.74, 6) is 2.93. The van der Waals surface area contributed by atoms with Gasteiger partial charge in [-0.15, -0.1) is 0 Å². The van der Waals surface area contributed by atoms with E-state index in [9.17, 15) is 9.59 Å². The fourth-order valence-electron chi connectivity index (χ4n) is 3.57. The second-order valence-corrected chi connectivity index (χ2v) is 7.74. The predicted octanol–water partition coefficient (Wildman–Crippen LogP) is 2.66. The molecule has 4 rings (SSSR count). The molecule has 0 radical (unpaired) electrons. The van der Waals surface area contributed by atoms with E-state index in [1.165, 1.54) is 12.1 Å². The van der Waals surface area contributed by atoms with Gasteiger partial charge in [-0.25, -0.2) is 9.67 Å². The topological polar surface area (TPSA) is 81.2 Å². The molecule has 1 atom stereocenters. The summed E-state index contributed by atoms with van der Waals surface area (Å²) < 4.78 is 7.49. The van der Waals surface area contributed by atoms with E-state index in [-0.39, 0.29) is 23.1 Å². The van der Waals surface area contributed by atoms with Gasteiger partial charge in [0.05, 0.1) is 12.6 Å². The van der Waals surface area contributed by atoms with Crippen molar-refractivity contribution in [2.24, 2.45) is 5.92 Å². The number of hydrogen-bond acceptors (Lipinski definition) is 5. The fraction of sp³-hybridized carbons (Fsp3) is 0.579. The highest BCUT2D eigenvalue weighted by molar-refractivity contribution is 5.91. The summed E-state index contributed by atoms with van der Waals surface area (Å²) in [7, 11) is 0. The molecule has 0 bridgehead atoms. The Hall–Kier alpha value is -2.44. The molecule has 1 saturated carbocycles. The molecular weight excluding hydrogens is 332 g/mol. The van der Waals surface area contributed by atoms with Gasteiger partial charge in [0.25, 0.3) is 5.91 Å². The minimum Gasteiger partial charge on any atom is -0.456 e. The van der Waals surface area contributed by atoms with Gasteiger partial charge < -0.3 is 9.32 Å². The smallest absolute Gasteiger partial charge is 0.290 e. The molecule has 3 heterocycles. The molecule has 0 aromatic carbocycles. The largest absolute Gasteiger partial charge is 0.456 e. The summed E-state index contributed by atoms with van der Waals surface area (Å²) in [6.45, 7) is 7.09. The quantitative estimate of drug-likeness (QED) is 0.841. The monoisotopic (exact) mass is 356 g/mol. The fourth-order valence-corrected chi connectivity index (χ4v) is 3.57. The van der Waals surface area contributed by atoms with Crippen molar-refractivity contribution in [2.75, 3.05) is 6.54 Å². The Morgan fingerprint density at radius 2 is 2.08 bits per heavy atom. The third-order valence-electron chi connectivity index (χ3n) is 4.94. The van der Waals surface area contributed by atoms with Crippen LogP contribution in [-0.4, -0.2) is 32.1 Å². The Balaban J connectivity index is 1.69. The van der Waals surface area contributed by atoms with Crippen LogP contribution in [0, 0.1) is 12.8 Å². The molecule has 0 saturated heterocycles. The number of hydrogen-bond donors (Lipinski definition) is 0. The van der Waals surface area contributed by atoms with Crippen LogP contribution in [0.5, 0.6) is 0 Å². The highest BCUT2D eigenvalue weighted by Gasteiger charge is 2.37. The van der Waals surface area contributed by atoms with Gasteiger partial charge in [0, 0.05) is 24.6 Å². The summed E-state index contributed by atoms with van der Waals surface area (Å²) in [6, 6.07) is 2.51. The lowest BCUT2D eigenvalue weighted by Gasteiger charge is -2.35. The second-order valence-electron chi connectivity index (χ2n) is 7.74. The zero-order valence-electron chi connectivity index (χ0n) is 15.4. The normalized spacial score (nSPS) is 19.7. The highest BCUT2D eigenvalue weighted by Crippen LogP contribution is 2.40. The third-order valence-corrected chi connectivity index (χ3v) is 4.94. The molecule has 26 heavy (non-hydrogen) atoms. The number of fused-ring (bicyclic) bond motifs is 1. The van der Waals surface area contributed by atoms with Gasteiger partial charge in [0.2, 0.25) is 0 Å². The summed E-state index contributed by atoms with van der Waals surface area (Å²) in [6.07, 6.45) is 3.09. The maximum atomic E-state index is 13.1. The molecule has 0 unspecified atom stereocenters. The number of amides is 1. The van der Waals surface area contributed by atoms with Crippen molar-refractivity contribution in [3.05, 3.63) is 45.5 Å². The van der Waals surface area contributed by atoms with E-state index in [2.05, 4.69) is 18.9 Å². The number of carbonyl (C=O) groups is 1. The van der Waals surface area contributed by atoms with Crippen molar-refractivity contribution >= 4 is 5.91 Å². The van der Waals surface area contributed by atoms with E-state index in [1.807, 2.05) is 4.68 Å². The number of rotatable bonds is 4. The van der Waals surface area contributed by atoms with Crippen LogP contribution in [-0.2, 0) is 6.54 Å². The average Bonchev–Trinajstić information content (AvgIpc) is 3.32. The van der Waals surface area contributed by atoms with Crippen molar-refractivity contribution in [2.45, 2.75) is 58.5 Å². The molecule has 0 N–H and O–H groups in total. The average molecular weight is 356 g/mol. The van der Waals surface area contributed by atoms with E-state index in [0.717, 1.165) is 30.9 Å². The molecule has 2 aromatic heterocycles. The van der Waals surface area contributed by atoms with Crippen LogP contribution in [0.4, 0.5) is 0 Å². The lowest BCUT2D eigenvalue weighted by Crippen LogP contribution is -2.43. The van der Waals surface area contributed by atoms with Gasteiger partial charge in [-0.3, -0.25) is 9.59 Å². The highest BCUT2D eigenvalue weighted by atomic mass is 16.3.